The van der Waals surface area contributed by atoms with Gasteiger partial charge in [-0.3, -0.25) is 0 Å². The van der Waals surface area contributed by atoms with Crippen LogP contribution in [0.1, 0.15) is 20.8 Å². The Kier molecular flexibility index (Phi) is 2.27. The number of H-pyrrole nitrogens is 1. The summed E-state index contributed by atoms with van der Waals surface area (Å²) in [4.78, 5) is 8.72. The van der Waals surface area contributed by atoms with Gasteiger partial charge in [0, 0.05) is 27.4 Å². The average Bonchev–Trinajstić information content (AvgIpc) is 2.47. The average molecular weight is 206 g/mol. The van der Waals surface area contributed by atoms with Gasteiger partial charge in [0.25, 0.3) is 0 Å². The highest BCUT2D eigenvalue weighted by atomic mass is 32.2. The largest absolute Gasteiger partial charge is 0.345 e. The molecule has 0 fully saturated rings. The molecule has 0 amide bonds. The molecule has 0 bridgehead atoms. The SMILES string of the molecule is CC(C)(C)Sc1c[nH]c2ncccc12. The first-order valence-electron chi connectivity index (χ1n) is 4.67. The Labute approximate surface area is 88.1 Å². The van der Waals surface area contributed by atoms with Crippen molar-refractivity contribution in [2.45, 2.75) is 30.4 Å². The van der Waals surface area contributed by atoms with E-state index in [-0.39, 0.29) is 4.75 Å². The predicted molar refractivity (Wildman–Crippen MR) is 61.7 cm³/mol. The van der Waals surface area contributed by atoms with E-state index in [4.69, 9.17) is 0 Å². The van der Waals surface area contributed by atoms with Gasteiger partial charge in [0.1, 0.15) is 5.65 Å². The number of fused-ring (bicyclic) bond motifs is 1. The van der Waals surface area contributed by atoms with Gasteiger partial charge in [-0.2, -0.15) is 0 Å². The topological polar surface area (TPSA) is 28.7 Å². The Morgan fingerprint density at radius 1 is 1.36 bits per heavy atom. The lowest BCUT2D eigenvalue weighted by molar-refractivity contribution is 0.803. The fourth-order valence-corrected chi connectivity index (χ4v) is 2.40. The smallest absolute Gasteiger partial charge is 0.138 e. The summed E-state index contributed by atoms with van der Waals surface area (Å²) in [6.07, 6.45) is 3.85. The van der Waals surface area contributed by atoms with Crippen molar-refractivity contribution >= 4 is 22.8 Å². The normalized spacial score (nSPS) is 12.2. The summed E-state index contributed by atoms with van der Waals surface area (Å²) in [5.74, 6) is 0. The van der Waals surface area contributed by atoms with Crippen LogP contribution in [0.15, 0.2) is 29.4 Å². The number of nitrogens with zero attached hydrogens (tertiary/aromatic N) is 1. The van der Waals surface area contributed by atoms with Gasteiger partial charge in [0.15, 0.2) is 0 Å². The first-order valence-corrected chi connectivity index (χ1v) is 5.49. The highest BCUT2D eigenvalue weighted by Crippen LogP contribution is 2.35. The summed E-state index contributed by atoms with van der Waals surface area (Å²) in [6, 6.07) is 4.08. The van der Waals surface area contributed by atoms with Gasteiger partial charge in [-0.05, 0) is 12.1 Å². The lowest BCUT2D eigenvalue weighted by atomic mass is 10.3. The van der Waals surface area contributed by atoms with Crippen molar-refractivity contribution in [1.82, 2.24) is 9.97 Å². The third-order valence-electron chi connectivity index (χ3n) is 1.83. The number of aromatic nitrogens is 2. The van der Waals surface area contributed by atoms with Crippen LogP contribution in [0.3, 0.4) is 0 Å². The van der Waals surface area contributed by atoms with E-state index < -0.39 is 0 Å². The van der Waals surface area contributed by atoms with Gasteiger partial charge in [0.2, 0.25) is 0 Å². The number of pyridine rings is 1. The van der Waals surface area contributed by atoms with E-state index in [0.717, 1.165) is 5.65 Å². The van der Waals surface area contributed by atoms with E-state index in [2.05, 4.69) is 36.8 Å². The van der Waals surface area contributed by atoms with Gasteiger partial charge < -0.3 is 4.98 Å². The molecule has 14 heavy (non-hydrogen) atoms. The van der Waals surface area contributed by atoms with Crippen LogP contribution in [0.2, 0.25) is 0 Å². The third kappa shape index (κ3) is 1.93. The molecule has 74 valence electrons. The molecule has 0 aromatic carbocycles. The molecule has 0 radical (unpaired) electrons. The van der Waals surface area contributed by atoms with Gasteiger partial charge in [-0.15, -0.1) is 11.8 Å². The minimum absolute atomic E-state index is 0.241. The highest BCUT2D eigenvalue weighted by Gasteiger charge is 2.14. The Bertz CT molecular complexity index is 440. The van der Waals surface area contributed by atoms with Crippen molar-refractivity contribution in [3.8, 4) is 0 Å². The van der Waals surface area contributed by atoms with Crippen LogP contribution in [0, 0.1) is 0 Å². The van der Waals surface area contributed by atoms with Crippen LogP contribution in [0.5, 0.6) is 0 Å². The summed E-state index contributed by atoms with van der Waals surface area (Å²) >= 11 is 1.87. The standard InChI is InChI=1S/C11H14N2S/c1-11(2,3)14-9-7-13-10-8(9)5-4-6-12-10/h4-7H,1-3H3,(H,12,13). The van der Waals surface area contributed by atoms with Gasteiger partial charge in [-0.25, -0.2) is 4.98 Å². The molecule has 2 nitrogen and oxygen atoms in total. The summed E-state index contributed by atoms with van der Waals surface area (Å²) < 4.78 is 0.241. The summed E-state index contributed by atoms with van der Waals surface area (Å²) in [6.45, 7) is 6.65. The molecule has 0 atom stereocenters. The molecule has 2 aromatic rings. The second-order valence-electron chi connectivity index (χ2n) is 4.27. The van der Waals surface area contributed by atoms with Gasteiger partial charge >= 0.3 is 0 Å². The fourth-order valence-electron chi connectivity index (χ4n) is 1.35. The van der Waals surface area contributed by atoms with E-state index in [1.807, 2.05) is 30.2 Å². The molecule has 0 aliphatic heterocycles. The van der Waals surface area contributed by atoms with Gasteiger partial charge in [-0.1, -0.05) is 20.8 Å². The maximum absolute atomic E-state index is 4.26. The molecule has 0 saturated carbocycles. The molecule has 2 aromatic heterocycles. The van der Waals surface area contributed by atoms with Gasteiger partial charge in [0.05, 0.1) is 0 Å². The summed E-state index contributed by atoms with van der Waals surface area (Å²) in [5, 5.41) is 1.22. The van der Waals surface area contributed by atoms with E-state index >= 15 is 0 Å². The van der Waals surface area contributed by atoms with Crippen LogP contribution < -0.4 is 0 Å². The zero-order chi connectivity index (χ0) is 10.2. The Balaban J connectivity index is 2.44. The minimum Gasteiger partial charge on any atom is -0.345 e. The molecule has 3 heteroatoms. The maximum atomic E-state index is 4.26. The monoisotopic (exact) mass is 206 g/mol. The number of rotatable bonds is 1. The molecule has 1 N–H and O–H groups in total. The molecule has 0 saturated heterocycles. The molecule has 2 heterocycles. The number of aromatic amines is 1. The van der Waals surface area contributed by atoms with E-state index in [0.29, 0.717) is 0 Å². The molecule has 2 rings (SSSR count). The van der Waals surface area contributed by atoms with Crippen LogP contribution in [-0.2, 0) is 0 Å². The van der Waals surface area contributed by atoms with Crippen LogP contribution in [0.25, 0.3) is 11.0 Å². The molecule has 0 aliphatic rings. The first kappa shape index (κ1) is 9.59. The highest BCUT2D eigenvalue weighted by molar-refractivity contribution is 8.00. The Morgan fingerprint density at radius 3 is 2.86 bits per heavy atom. The van der Waals surface area contributed by atoms with Crippen LogP contribution in [-0.4, -0.2) is 14.7 Å². The molecular formula is C11H14N2S. The fraction of sp³-hybridized carbons (Fsp3) is 0.364. The Hall–Kier alpha value is -0.960. The second kappa shape index (κ2) is 3.31. The maximum Gasteiger partial charge on any atom is 0.138 e. The van der Waals surface area contributed by atoms with E-state index in [1.165, 1.54) is 10.3 Å². The Morgan fingerprint density at radius 2 is 2.14 bits per heavy atom. The van der Waals surface area contributed by atoms with Crippen molar-refractivity contribution < 1.29 is 0 Å². The second-order valence-corrected chi connectivity index (χ2v) is 6.14. The predicted octanol–water partition coefficient (Wildman–Crippen LogP) is 3.45. The zero-order valence-electron chi connectivity index (χ0n) is 8.66. The van der Waals surface area contributed by atoms with Crippen molar-refractivity contribution in [1.29, 1.82) is 0 Å². The van der Waals surface area contributed by atoms with E-state index in [1.54, 1.807) is 0 Å². The lowest BCUT2D eigenvalue weighted by Gasteiger charge is -2.16. The molecule has 0 unspecified atom stereocenters. The van der Waals surface area contributed by atoms with Crippen LogP contribution in [0.4, 0.5) is 0 Å². The minimum atomic E-state index is 0.241. The quantitative estimate of drug-likeness (QED) is 0.724. The third-order valence-corrected chi connectivity index (χ3v) is 3.00. The zero-order valence-corrected chi connectivity index (χ0v) is 9.48. The first-order chi connectivity index (χ1) is 6.56. The van der Waals surface area contributed by atoms with E-state index in [9.17, 15) is 0 Å². The number of nitrogens with one attached hydrogen (secondary N) is 1. The molecule has 0 spiro atoms. The van der Waals surface area contributed by atoms with Crippen molar-refractivity contribution in [2.24, 2.45) is 0 Å². The summed E-state index contributed by atoms with van der Waals surface area (Å²) in [5.41, 5.74) is 0.972. The lowest BCUT2D eigenvalue weighted by Crippen LogP contribution is -2.06. The van der Waals surface area contributed by atoms with Crippen molar-refractivity contribution in [3.05, 3.63) is 24.5 Å². The van der Waals surface area contributed by atoms with Crippen LogP contribution >= 0.6 is 11.8 Å². The molecular weight excluding hydrogens is 192 g/mol. The number of hydrogen-bond donors (Lipinski definition) is 1. The number of thioether (sulfide) groups is 1. The van der Waals surface area contributed by atoms with Crippen molar-refractivity contribution in [2.75, 3.05) is 0 Å². The van der Waals surface area contributed by atoms with Crippen molar-refractivity contribution in [3.63, 3.8) is 0 Å². The number of hydrogen-bond acceptors (Lipinski definition) is 2. The summed E-state index contributed by atoms with van der Waals surface area (Å²) in [7, 11) is 0. The molecule has 0 aliphatic carbocycles.